The van der Waals surface area contributed by atoms with Crippen molar-refractivity contribution < 1.29 is 14.2 Å². The molecule has 0 radical (unpaired) electrons. The van der Waals surface area contributed by atoms with E-state index in [1.807, 2.05) is 24.3 Å². The molecule has 0 bridgehead atoms. The molecule has 1 heterocycles. The van der Waals surface area contributed by atoms with E-state index in [1.54, 1.807) is 21.3 Å². The van der Waals surface area contributed by atoms with E-state index in [2.05, 4.69) is 24.1 Å². The Labute approximate surface area is 144 Å². The zero-order valence-corrected chi connectivity index (χ0v) is 14.8. The zero-order chi connectivity index (χ0) is 17.1. The molecule has 0 saturated carbocycles. The molecule has 0 saturated heterocycles. The highest BCUT2D eigenvalue weighted by atomic mass is 16.5. The van der Waals surface area contributed by atoms with Crippen LogP contribution in [-0.4, -0.2) is 46.4 Å². The fourth-order valence-corrected chi connectivity index (χ4v) is 3.54. The fraction of sp³-hybridized carbons (Fsp3) is 0.400. The van der Waals surface area contributed by atoms with Gasteiger partial charge in [0.15, 0.2) is 0 Å². The predicted octanol–water partition coefficient (Wildman–Crippen LogP) is 3.33. The van der Waals surface area contributed by atoms with Gasteiger partial charge in [-0.1, -0.05) is 12.1 Å². The lowest BCUT2D eigenvalue weighted by molar-refractivity contribution is 0.334. The Hall–Kier alpha value is -2.20. The highest BCUT2D eigenvalue weighted by Crippen LogP contribution is 2.41. The van der Waals surface area contributed by atoms with Crippen molar-refractivity contribution >= 4 is 0 Å². The van der Waals surface area contributed by atoms with Gasteiger partial charge in [0.25, 0.3) is 0 Å². The summed E-state index contributed by atoms with van der Waals surface area (Å²) in [5.74, 6) is 2.99. The molecule has 3 rings (SSSR count). The van der Waals surface area contributed by atoms with Crippen molar-refractivity contribution in [3.63, 3.8) is 0 Å². The third-order valence-corrected chi connectivity index (χ3v) is 4.82. The third kappa shape index (κ3) is 3.06. The van der Waals surface area contributed by atoms with Gasteiger partial charge < -0.3 is 19.1 Å². The van der Waals surface area contributed by atoms with Gasteiger partial charge in [-0.15, -0.1) is 0 Å². The van der Waals surface area contributed by atoms with Crippen LogP contribution in [0.25, 0.3) is 0 Å². The number of fused-ring (bicyclic) bond motifs is 1. The average molecular weight is 327 g/mol. The zero-order valence-electron chi connectivity index (χ0n) is 14.8. The van der Waals surface area contributed by atoms with E-state index in [4.69, 9.17) is 14.2 Å². The van der Waals surface area contributed by atoms with Crippen molar-refractivity contribution in [2.45, 2.75) is 12.3 Å². The summed E-state index contributed by atoms with van der Waals surface area (Å²) in [5.41, 5.74) is 3.76. The lowest BCUT2D eigenvalue weighted by atomic mass is 9.86. The molecule has 1 aliphatic rings. The normalized spacial score (nSPS) is 17.8. The summed E-state index contributed by atoms with van der Waals surface area (Å²) in [6.07, 6.45) is 0.957. The molecule has 1 unspecified atom stereocenters. The molecule has 4 nitrogen and oxygen atoms in total. The number of likely N-dealkylation sites (N-methyl/N-ethyl adjacent to an activating group) is 1. The summed E-state index contributed by atoms with van der Waals surface area (Å²) in [4.78, 5) is 2.37. The quantitative estimate of drug-likeness (QED) is 0.862. The first kappa shape index (κ1) is 16.7. The second kappa shape index (κ2) is 7.14. The lowest BCUT2D eigenvalue weighted by Crippen LogP contribution is -2.24. The standard InChI is InChI=1S/C20H25NO3/c1-21-12-11-16-18(23-3)9-10-19(24-4)20(16)17(13-21)14-5-7-15(22-2)8-6-14/h5-10,17H,11-13H2,1-4H3. The van der Waals surface area contributed by atoms with E-state index in [-0.39, 0.29) is 5.92 Å². The average Bonchev–Trinajstić information content (AvgIpc) is 2.80. The van der Waals surface area contributed by atoms with Crippen LogP contribution in [0.3, 0.4) is 0 Å². The van der Waals surface area contributed by atoms with Crippen molar-refractivity contribution in [3.05, 3.63) is 53.1 Å². The molecule has 1 aliphatic heterocycles. The Morgan fingerprint density at radius 2 is 1.54 bits per heavy atom. The second-order valence-electron chi connectivity index (χ2n) is 6.20. The van der Waals surface area contributed by atoms with Crippen molar-refractivity contribution in [1.29, 1.82) is 0 Å². The minimum absolute atomic E-state index is 0.239. The molecule has 2 aromatic rings. The molecule has 0 spiro atoms. The Kier molecular flexibility index (Phi) is 4.95. The lowest BCUT2D eigenvalue weighted by Gasteiger charge is -2.24. The number of ether oxygens (including phenoxy) is 3. The van der Waals surface area contributed by atoms with Crippen LogP contribution >= 0.6 is 0 Å². The van der Waals surface area contributed by atoms with Crippen molar-refractivity contribution in [2.75, 3.05) is 41.5 Å². The molecular formula is C20H25NO3. The van der Waals surface area contributed by atoms with E-state index in [9.17, 15) is 0 Å². The molecule has 0 aromatic heterocycles. The predicted molar refractivity (Wildman–Crippen MR) is 95.6 cm³/mol. The molecule has 128 valence electrons. The van der Waals surface area contributed by atoms with Gasteiger partial charge in [0.1, 0.15) is 17.2 Å². The van der Waals surface area contributed by atoms with Gasteiger partial charge in [-0.3, -0.25) is 0 Å². The van der Waals surface area contributed by atoms with Gasteiger partial charge in [0.05, 0.1) is 21.3 Å². The minimum atomic E-state index is 0.239. The highest BCUT2D eigenvalue weighted by molar-refractivity contribution is 5.54. The maximum absolute atomic E-state index is 5.70. The maximum Gasteiger partial charge on any atom is 0.123 e. The Morgan fingerprint density at radius 3 is 2.17 bits per heavy atom. The summed E-state index contributed by atoms with van der Waals surface area (Å²) in [6.45, 7) is 1.95. The van der Waals surface area contributed by atoms with E-state index in [0.29, 0.717) is 0 Å². The van der Waals surface area contributed by atoms with Crippen LogP contribution in [0.2, 0.25) is 0 Å². The van der Waals surface area contributed by atoms with Crippen LogP contribution in [0, 0.1) is 0 Å². The number of rotatable bonds is 4. The van der Waals surface area contributed by atoms with Crippen LogP contribution in [0.1, 0.15) is 22.6 Å². The monoisotopic (exact) mass is 327 g/mol. The molecule has 0 aliphatic carbocycles. The number of benzene rings is 2. The molecule has 2 aromatic carbocycles. The molecular weight excluding hydrogens is 302 g/mol. The van der Waals surface area contributed by atoms with Gasteiger partial charge in [0.2, 0.25) is 0 Å². The van der Waals surface area contributed by atoms with Gasteiger partial charge in [-0.25, -0.2) is 0 Å². The third-order valence-electron chi connectivity index (χ3n) is 4.82. The van der Waals surface area contributed by atoms with Crippen LogP contribution in [-0.2, 0) is 6.42 Å². The first-order valence-electron chi connectivity index (χ1n) is 8.24. The van der Waals surface area contributed by atoms with Crippen LogP contribution in [0.4, 0.5) is 0 Å². The van der Waals surface area contributed by atoms with Crippen molar-refractivity contribution in [1.82, 2.24) is 4.90 Å². The van der Waals surface area contributed by atoms with E-state index >= 15 is 0 Å². The van der Waals surface area contributed by atoms with Crippen molar-refractivity contribution in [3.8, 4) is 17.2 Å². The van der Waals surface area contributed by atoms with Crippen LogP contribution < -0.4 is 14.2 Å². The van der Waals surface area contributed by atoms with Gasteiger partial charge in [-0.2, -0.15) is 0 Å². The van der Waals surface area contributed by atoms with Crippen molar-refractivity contribution in [2.24, 2.45) is 0 Å². The summed E-state index contributed by atoms with van der Waals surface area (Å²) >= 11 is 0. The summed E-state index contributed by atoms with van der Waals surface area (Å²) < 4.78 is 16.6. The Balaban J connectivity index is 2.15. The first-order valence-corrected chi connectivity index (χ1v) is 8.24. The molecule has 0 amide bonds. The Morgan fingerprint density at radius 1 is 0.875 bits per heavy atom. The highest BCUT2D eigenvalue weighted by Gasteiger charge is 2.28. The van der Waals surface area contributed by atoms with E-state index in [0.717, 1.165) is 36.8 Å². The maximum atomic E-state index is 5.70. The molecule has 24 heavy (non-hydrogen) atoms. The topological polar surface area (TPSA) is 30.9 Å². The molecule has 0 fully saturated rings. The van der Waals surface area contributed by atoms with E-state index < -0.39 is 0 Å². The SMILES string of the molecule is COc1ccc(C2CN(C)CCc3c(OC)ccc(OC)c32)cc1. The summed E-state index contributed by atoms with van der Waals surface area (Å²) in [7, 11) is 7.33. The van der Waals surface area contributed by atoms with E-state index in [1.165, 1.54) is 16.7 Å². The summed E-state index contributed by atoms with van der Waals surface area (Å²) in [5, 5.41) is 0. The number of hydrogen-bond donors (Lipinski definition) is 0. The molecule has 0 N–H and O–H groups in total. The fourth-order valence-electron chi connectivity index (χ4n) is 3.54. The molecule has 4 heteroatoms. The number of methoxy groups -OCH3 is 3. The largest absolute Gasteiger partial charge is 0.497 e. The second-order valence-corrected chi connectivity index (χ2v) is 6.20. The van der Waals surface area contributed by atoms with Gasteiger partial charge >= 0.3 is 0 Å². The minimum Gasteiger partial charge on any atom is -0.497 e. The summed E-state index contributed by atoms with van der Waals surface area (Å²) in [6, 6.07) is 12.4. The smallest absolute Gasteiger partial charge is 0.123 e. The number of nitrogens with zero attached hydrogens (tertiary/aromatic N) is 1. The number of hydrogen-bond acceptors (Lipinski definition) is 4. The van der Waals surface area contributed by atoms with Crippen LogP contribution in [0.5, 0.6) is 17.2 Å². The van der Waals surface area contributed by atoms with Gasteiger partial charge in [-0.05, 0) is 43.3 Å². The molecule has 1 atom stereocenters. The van der Waals surface area contributed by atoms with Crippen LogP contribution in [0.15, 0.2) is 36.4 Å². The van der Waals surface area contributed by atoms with Gasteiger partial charge in [0, 0.05) is 30.1 Å². The first-order chi connectivity index (χ1) is 11.7. The Bertz CT molecular complexity index is 697.